The molecule has 1 atom stereocenters. The van der Waals surface area contributed by atoms with Gasteiger partial charge in [-0.3, -0.25) is 0 Å². The Morgan fingerprint density at radius 3 is 2.71 bits per heavy atom. The highest BCUT2D eigenvalue weighted by Gasteiger charge is 2.18. The fourth-order valence-corrected chi connectivity index (χ4v) is 3.62. The third-order valence-electron chi connectivity index (χ3n) is 3.57. The minimum absolute atomic E-state index is 0.867. The normalized spacial score (nSPS) is 20.3. The highest BCUT2D eigenvalue weighted by molar-refractivity contribution is 7.99. The van der Waals surface area contributed by atoms with Gasteiger partial charge < -0.3 is 10.2 Å². The van der Waals surface area contributed by atoms with E-state index in [0.29, 0.717) is 0 Å². The maximum atomic E-state index is 3.47. The predicted molar refractivity (Wildman–Crippen MR) is 80.0 cm³/mol. The minimum atomic E-state index is 0.867. The third-order valence-corrected chi connectivity index (χ3v) is 4.72. The lowest BCUT2D eigenvalue weighted by Crippen LogP contribution is -2.32. The van der Waals surface area contributed by atoms with Gasteiger partial charge in [0.15, 0.2) is 0 Å². The number of hydrogen-bond donors (Lipinski definition) is 1. The number of hydrogen-bond acceptors (Lipinski definition) is 3. The maximum Gasteiger partial charge on any atom is 0.0191 e. The summed E-state index contributed by atoms with van der Waals surface area (Å²) < 4.78 is 0. The van der Waals surface area contributed by atoms with Crippen LogP contribution in [0.15, 0.2) is 0 Å². The van der Waals surface area contributed by atoms with Crippen molar-refractivity contribution >= 4 is 11.8 Å². The Morgan fingerprint density at radius 1 is 1.18 bits per heavy atom. The van der Waals surface area contributed by atoms with Gasteiger partial charge in [0.05, 0.1) is 0 Å². The van der Waals surface area contributed by atoms with E-state index >= 15 is 0 Å². The van der Waals surface area contributed by atoms with Crippen molar-refractivity contribution in [1.82, 2.24) is 10.2 Å². The zero-order valence-electron chi connectivity index (χ0n) is 11.7. The Hall–Kier alpha value is 0.270. The average Bonchev–Trinajstić information content (AvgIpc) is 2.86. The van der Waals surface area contributed by atoms with Gasteiger partial charge in [0.25, 0.3) is 0 Å². The monoisotopic (exact) mass is 258 g/mol. The van der Waals surface area contributed by atoms with Crippen LogP contribution in [-0.4, -0.2) is 49.1 Å². The molecule has 0 amide bonds. The number of rotatable bonds is 10. The lowest BCUT2D eigenvalue weighted by molar-refractivity contribution is 0.256. The second-order valence-electron chi connectivity index (χ2n) is 5.16. The van der Waals surface area contributed by atoms with Crippen molar-refractivity contribution in [2.75, 3.05) is 38.2 Å². The van der Waals surface area contributed by atoms with Gasteiger partial charge in [0.2, 0.25) is 0 Å². The van der Waals surface area contributed by atoms with Crippen LogP contribution in [0.1, 0.15) is 45.4 Å². The summed E-state index contributed by atoms with van der Waals surface area (Å²) in [6, 6.07) is 0.867. The second kappa shape index (κ2) is 10.2. The van der Waals surface area contributed by atoms with E-state index in [-0.39, 0.29) is 0 Å². The van der Waals surface area contributed by atoms with Crippen LogP contribution in [0.5, 0.6) is 0 Å². The molecule has 0 aromatic carbocycles. The molecule has 1 unspecified atom stereocenters. The van der Waals surface area contributed by atoms with Crippen molar-refractivity contribution in [3.63, 3.8) is 0 Å². The molecule has 2 nitrogen and oxygen atoms in total. The molecule has 0 aromatic heterocycles. The smallest absolute Gasteiger partial charge is 0.0191 e. The standard InChI is InChI=1S/C14H30N2S/c1-3-9-15-10-6-4-5-7-11-16(2)14-8-12-17-13-14/h14-15H,3-13H2,1-2H3. The first-order valence-electron chi connectivity index (χ1n) is 7.33. The van der Waals surface area contributed by atoms with Gasteiger partial charge in [0, 0.05) is 11.8 Å². The molecule has 0 aliphatic carbocycles. The van der Waals surface area contributed by atoms with E-state index in [2.05, 4.69) is 35.9 Å². The average molecular weight is 258 g/mol. The van der Waals surface area contributed by atoms with Crippen LogP contribution in [0.3, 0.4) is 0 Å². The zero-order valence-corrected chi connectivity index (χ0v) is 12.5. The van der Waals surface area contributed by atoms with E-state index in [4.69, 9.17) is 0 Å². The van der Waals surface area contributed by atoms with Crippen molar-refractivity contribution in [1.29, 1.82) is 0 Å². The Bertz CT molecular complexity index is 170. The SMILES string of the molecule is CCCNCCCCCCN(C)C1CCSC1. The van der Waals surface area contributed by atoms with Crippen molar-refractivity contribution in [2.24, 2.45) is 0 Å². The summed E-state index contributed by atoms with van der Waals surface area (Å²) in [5.41, 5.74) is 0. The molecule has 102 valence electrons. The van der Waals surface area contributed by atoms with Crippen molar-refractivity contribution in [2.45, 2.75) is 51.5 Å². The molecule has 1 aliphatic heterocycles. The molecule has 0 spiro atoms. The van der Waals surface area contributed by atoms with E-state index in [1.165, 1.54) is 69.7 Å². The van der Waals surface area contributed by atoms with E-state index < -0.39 is 0 Å². The quantitative estimate of drug-likeness (QED) is 0.607. The minimum Gasteiger partial charge on any atom is -0.317 e. The van der Waals surface area contributed by atoms with E-state index in [0.717, 1.165) is 6.04 Å². The van der Waals surface area contributed by atoms with Crippen LogP contribution < -0.4 is 5.32 Å². The van der Waals surface area contributed by atoms with Crippen molar-refractivity contribution in [3.8, 4) is 0 Å². The number of thioether (sulfide) groups is 1. The molecule has 1 fully saturated rings. The van der Waals surface area contributed by atoms with Gasteiger partial charge in [0.1, 0.15) is 0 Å². The molecule has 1 rings (SSSR count). The topological polar surface area (TPSA) is 15.3 Å². The second-order valence-corrected chi connectivity index (χ2v) is 6.31. The molecule has 0 aromatic rings. The molecular formula is C14H30N2S. The maximum absolute atomic E-state index is 3.47. The highest BCUT2D eigenvalue weighted by Crippen LogP contribution is 2.21. The lowest BCUT2D eigenvalue weighted by Gasteiger charge is -2.23. The Balaban J connectivity index is 1.83. The largest absolute Gasteiger partial charge is 0.317 e. The van der Waals surface area contributed by atoms with Gasteiger partial charge in [-0.15, -0.1) is 0 Å². The van der Waals surface area contributed by atoms with Gasteiger partial charge >= 0.3 is 0 Å². The van der Waals surface area contributed by atoms with Crippen LogP contribution in [0.4, 0.5) is 0 Å². The molecule has 3 heteroatoms. The number of nitrogens with zero attached hydrogens (tertiary/aromatic N) is 1. The Morgan fingerprint density at radius 2 is 2.00 bits per heavy atom. The molecule has 1 saturated heterocycles. The van der Waals surface area contributed by atoms with Gasteiger partial charge in [-0.25, -0.2) is 0 Å². The molecule has 0 radical (unpaired) electrons. The predicted octanol–water partition coefficient (Wildman–Crippen LogP) is 2.98. The van der Waals surface area contributed by atoms with Crippen LogP contribution in [-0.2, 0) is 0 Å². The van der Waals surface area contributed by atoms with Crippen molar-refractivity contribution < 1.29 is 0 Å². The molecule has 1 aliphatic rings. The van der Waals surface area contributed by atoms with Crippen LogP contribution in [0, 0.1) is 0 Å². The summed E-state index contributed by atoms with van der Waals surface area (Å²) in [6.45, 7) is 5.92. The van der Waals surface area contributed by atoms with Gasteiger partial charge in [-0.1, -0.05) is 19.8 Å². The summed E-state index contributed by atoms with van der Waals surface area (Å²) in [5, 5.41) is 3.47. The molecule has 1 heterocycles. The van der Waals surface area contributed by atoms with Crippen molar-refractivity contribution in [3.05, 3.63) is 0 Å². The van der Waals surface area contributed by atoms with Crippen LogP contribution in [0.25, 0.3) is 0 Å². The Kier molecular flexibility index (Phi) is 9.21. The third kappa shape index (κ3) is 7.32. The number of unbranched alkanes of at least 4 members (excludes halogenated alkanes) is 3. The molecule has 0 saturated carbocycles. The summed E-state index contributed by atoms with van der Waals surface area (Å²) in [5.74, 6) is 2.73. The van der Waals surface area contributed by atoms with Gasteiger partial charge in [-0.05, 0) is 58.1 Å². The lowest BCUT2D eigenvalue weighted by atomic mass is 10.1. The summed E-state index contributed by atoms with van der Waals surface area (Å²) in [6.07, 6.45) is 8.18. The van der Waals surface area contributed by atoms with E-state index in [9.17, 15) is 0 Å². The first kappa shape index (κ1) is 15.3. The first-order valence-corrected chi connectivity index (χ1v) is 8.48. The van der Waals surface area contributed by atoms with E-state index in [1.54, 1.807) is 0 Å². The molecular weight excluding hydrogens is 228 g/mol. The fraction of sp³-hybridized carbons (Fsp3) is 1.00. The van der Waals surface area contributed by atoms with Gasteiger partial charge in [-0.2, -0.15) is 11.8 Å². The molecule has 0 bridgehead atoms. The molecule has 17 heavy (non-hydrogen) atoms. The Labute approximate surface area is 112 Å². The zero-order chi connectivity index (χ0) is 12.3. The summed E-state index contributed by atoms with van der Waals surface area (Å²) >= 11 is 2.12. The van der Waals surface area contributed by atoms with Crippen LogP contribution in [0.2, 0.25) is 0 Å². The van der Waals surface area contributed by atoms with Crippen LogP contribution >= 0.6 is 11.8 Å². The highest BCUT2D eigenvalue weighted by atomic mass is 32.2. The number of nitrogens with one attached hydrogen (secondary N) is 1. The van der Waals surface area contributed by atoms with E-state index in [1.807, 2.05) is 0 Å². The molecule has 1 N–H and O–H groups in total. The summed E-state index contributed by atoms with van der Waals surface area (Å²) in [4.78, 5) is 2.58. The fourth-order valence-electron chi connectivity index (χ4n) is 2.32. The summed E-state index contributed by atoms with van der Waals surface area (Å²) in [7, 11) is 2.30. The first-order chi connectivity index (χ1) is 8.34.